The van der Waals surface area contributed by atoms with E-state index in [0.717, 1.165) is 0 Å². The van der Waals surface area contributed by atoms with Crippen LogP contribution in [0.1, 0.15) is 6.92 Å². The summed E-state index contributed by atoms with van der Waals surface area (Å²) >= 11 is 11.4. The third-order valence-electron chi connectivity index (χ3n) is 2.58. The first-order chi connectivity index (χ1) is 8.06. The van der Waals surface area contributed by atoms with Crippen molar-refractivity contribution in [3.8, 4) is 0 Å². The molecule has 0 aromatic carbocycles. The van der Waals surface area contributed by atoms with Gasteiger partial charge in [0, 0.05) is 33.1 Å². The predicted molar refractivity (Wildman–Crippen MR) is 64.3 cm³/mol. The molecule has 2 rings (SSSR count). The average Bonchev–Trinajstić information content (AvgIpc) is 2.28. The third kappa shape index (κ3) is 2.95. The van der Waals surface area contributed by atoms with Crippen LogP contribution in [0.15, 0.2) is 0 Å². The highest BCUT2D eigenvalue weighted by atomic mass is 35.5. The number of nitrogens with zero attached hydrogens (tertiary/aromatic N) is 5. The zero-order valence-corrected chi connectivity index (χ0v) is 10.7. The third-order valence-corrected chi connectivity index (χ3v) is 2.91. The van der Waals surface area contributed by atoms with Gasteiger partial charge in [-0.2, -0.15) is 15.0 Å². The van der Waals surface area contributed by atoms with Crippen LogP contribution in [-0.4, -0.2) is 51.9 Å². The maximum Gasteiger partial charge on any atom is 0.231 e. The number of carbonyl (C=O) groups is 1. The largest absolute Gasteiger partial charge is 0.339 e. The fourth-order valence-corrected chi connectivity index (χ4v) is 2.03. The fourth-order valence-electron chi connectivity index (χ4n) is 1.68. The number of hydrogen-bond acceptors (Lipinski definition) is 5. The van der Waals surface area contributed by atoms with Crippen LogP contribution in [0.25, 0.3) is 0 Å². The Labute approximate surface area is 109 Å². The number of halogens is 2. The standard InChI is InChI=1S/C9H11Cl2N5O/c1-6(17)15-2-4-16(5-3-15)9-13-7(10)12-8(11)14-9/h2-5H2,1H3. The minimum absolute atomic E-state index is 0.0778. The number of rotatable bonds is 1. The molecule has 1 aromatic heterocycles. The van der Waals surface area contributed by atoms with E-state index in [1.54, 1.807) is 11.8 Å². The molecule has 0 bridgehead atoms. The number of amides is 1. The topological polar surface area (TPSA) is 62.2 Å². The normalized spacial score (nSPS) is 16.2. The molecule has 8 heteroatoms. The molecule has 0 atom stereocenters. The van der Waals surface area contributed by atoms with E-state index < -0.39 is 0 Å². The molecule has 0 unspecified atom stereocenters. The Morgan fingerprint density at radius 2 is 1.59 bits per heavy atom. The van der Waals surface area contributed by atoms with Crippen LogP contribution in [0.3, 0.4) is 0 Å². The molecule has 1 fully saturated rings. The molecule has 2 heterocycles. The number of piperazine rings is 1. The lowest BCUT2D eigenvalue weighted by Crippen LogP contribution is -2.48. The van der Waals surface area contributed by atoms with Crippen molar-refractivity contribution < 1.29 is 4.79 Å². The first-order valence-electron chi connectivity index (χ1n) is 5.14. The van der Waals surface area contributed by atoms with Crippen molar-refractivity contribution in [3.05, 3.63) is 10.6 Å². The maximum atomic E-state index is 11.2. The Morgan fingerprint density at radius 3 is 2.06 bits per heavy atom. The van der Waals surface area contributed by atoms with E-state index in [1.165, 1.54) is 0 Å². The van der Waals surface area contributed by atoms with Crippen molar-refractivity contribution in [1.29, 1.82) is 0 Å². The summed E-state index contributed by atoms with van der Waals surface area (Å²) in [4.78, 5) is 26.6. The lowest BCUT2D eigenvalue weighted by molar-refractivity contribution is -0.129. The van der Waals surface area contributed by atoms with Crippen molar-refractivity contribution in [1.82, 2.24) is 19.9 Å². The van der Waals surface area contributed by atoms with E-state index in [2.05, 4.69) is 15.0 Å². The van der Waals surface area contributed by atoms with Crippen LogP contribution in [0.5, 0.6) is 0 Å². The number of hydrogen-bond donors (Lipinski definition) is 0. The first-order valence-corrected chi connectivity index (χ1v) is 5.89. The van der Waals surface area contributed by atoms with Crippen molar-refractivity contribution in [3.63, 3.8) is 0 Å². The molecular formula is C9H11Cl2N5O. The summed E-state index contributed by atoms with van der Waals surface area (Å²) in [6.07, 6.45) is 0. The van der Waals surface area contributed by atoms with E-state index in [1.807, 2.05) is 4.90 Å². The molecule has 0 aliphatic carbocycles. The second-order valence-corrected chi connectivity index (χ2v) is 4.34. The van der Waals surface area contributed by atoms with Gasteiger partial charge in [-0.1, -0.05) is 0 Å². The Balaban J connectivity index is 2.07. The predicted octanol–water partition coefficient (Wildman–Crippen LogP) is 0.847. The molecule has 0 saturated carbocycles. The molecule has 0 spiro atoms. The van der Waals surface area contributed by atoms with Crippen LogP contribution in [0.2, 0.25) is 10.6 Å². The molecular weight excluding hydrogens is 265 g/mol. The van der Waals surface area contributed by atoms with Crippen LogP contribution < -0.4 is 4.90 Å². The maximum absolute atomic E-state index is 11.2. The van der Waals surface area contributed by atoms with E-state index >= 15 is 0 Å². The zero-order valence-electron chi connectivity index (χ0n) is 9.23. The van der Waals surface area contributed by atoms with Gasteiger partial charge < -0.3 is 9.80 Å². The molecule has 1 amide bonds. The van der Waals surface area contributed by atoms with Crippen LogP contribution in [0.4, 0.5) is 5.95 Å². The molecule has 1 saturated heterocycles. The second-order valence-electron chi connectivity index (χ2n) is 3.67. The molecule has 0 radical (unpaired) electrons. The van der Waals surface area contributed by atoms with Gasteiger partial charge in [0.1, 0.15) is 0 Å². The van der Waals surface area contributed by atoms with Crippen molar-refractivity contribution >= 4 is 35.1 Å². The smallest absolute Gasteiger partial charge is 0.231 e. The molecule has 92 valence electrons. The van der Waals surface area contributed by atoms with E-state index in [9.17, 15) is 4.79 Å². The lowest BCUT2D eigenvalue weighted by Gasteiger charge is -2.34. The Kier molecular flexibility index (Phi) is 3.63. The SMILES string of the molecule is CC(=O)N1CCN(c2nc(Cl)nc(Cl)n2)CC1. The highest BCUT2D eigenvalue weighted by molar-refractivity contribution is 6.31. The highest BCUT2D eigenvalue weighted by Gasteiger charge is 2.21. The minimum atomic E-state index is 0.0778. The van der Waals surface area contributed by atoms with Gasteiger partial charge in [-0.05, 0) is 23.2 Å². The van der Waals surface area contributed by atoms with Gasteiger partial charge in [-0.25, -0.2) is 0 Å². The summed E-state index contributed by atoms with van der Waals surface area (Å²) in [6.45, 7) is 4.19. The Bertz CT molecular complexity index is 413. The van der Waals surface area contributed by atoms with Gasteiger partial charge in [0.05, 0.1) is 0 Å². The minimum Gasteiger partial charge on any atom is -0.339 e. The molecule has 0 N–H and O–H groups in total. The lowest BCUT2D eigenvalue weighted by atomic mass is 10.3. The number of anilines is 1. The Morgan fingerprint density at radius 1 is 1.06 bits per heavy atom. The van der Waals surface area contributed by atoms with E-state index in [4.69, 9.17) is 23.2 Å². The summed E-state index contributed by atoms with van der Waals surface area (Å²) < 4.78 is 0. The van der Waals surface area contributed by atoms with Crippen LogP contribution in [-0.2, 0) is 4.79 Å². The first kappa shape index (κ1) is 12.3. The molecule has 17 heavy (non-hydrogen) atoms. The van der Waals surface area contributed by atoms with Gasteiger partial charge in [0.25, 0.3) is 0 Å². The number of aromatic nitrogens is 3. The average molecular weight is 276 g/mol. The summed E-state index contributed by atoms with van der Waals surface area (Å²) in [5.74, 6) is 0.537. The van der Waals surface area contributed by atoms with E-state index in [0.29, 0.717) is 32.1 Å². The summed E-state index contributed by atoms with van der Waals surface area (Å²) in [5, 5.41) is 0.156. The molecule has 6 nitrogen and oxygen atoms in total. The fraction of sp³-hybridized carbons (Fsp3) is 0.556. The van der Waals surface area contributed by atoms with Gasteiger partial charge in [0.2, 0.25) is 22.4 Å². The summed E-state index contributed by atoms with van der Waals surface area (Å²) in [7, 11) is 0. The van der Waals surface area contributed by atoms with E-state index in [-0.39, 0.29) is 16.5 Å². The Hall–Kier alpha value is -1.14. The summed E-state index contributed by atoms with van der Waals surface area (Å²) in [5.41, 5.74) is 0. The van der Waals surface area contributed by atoms with Gasteiger partial charge in [0.15, 0.2) is 0 Å². The van der Waals surface area contributed by atoms with Crippen LogP contribution >= 0.6 is 23.2 Å². The monoisotopic (exact) mass is 275 g/mol. The quantitative estimate of drug-likeness (QED) is 0.760. The van der Waals surface area contributed by atoms with Gasteiger partial charge >= 0.3 is 0 Å². The molecule has 1 aromatic rings. The summed E-state index contributed by atoms with van der Waals surface area (Å²) in [6, 6.07) is 0. The highest BCUT2D eigenvalue weighted by Crippen LogP contribution is 2.15. The zero-order chi connectivity index (χ0) is 12.4. The van der Waals surface area contributed by atoms with Crippen molar-refractivity contribution in [2.24, 2.45) is 0 Å². The van der Waals surface area contributed by atoms with Gasteiger partial charge in [-0.15, -0.1) is 0 Å². The second kappa shape index (κ2) is 5.01. The molecule has 1 aliphatic heterocycles. The number of carbonyl (C=O) groups excluding carboxylic acids is 1. The van der Waals surface area contributed by atoms with Crippen molar-refractivity contribution in [2.75, 3.05) is 31.1 Å². The molecule has 1 aliphatic rings. The van der Waals surface area contributed by atoms with Crippen molar-refractivity contribution in [2.45, 2.75) is 6.92 Å². The van der Waals surface area contributed by atoms with Gasteiger partial charge in [-0.3, -0.25) is 4.79 Å². The van der Waals surface area contributed by atoms with Crippen LogP contribution in [0, 0.1) is 0 Å².